The van der Waals surface area contributed by atoms with Gasteiger partial charge in [-0.1, -0.05) is 13.8 Å². The zero-order valence-corrected chi connectivity index (χ0v) is 12.8. The molecular formula is C15H17NO7. The van der Waals surface area contributed by atoms with Gasteiger partial charge in [0, 0.05) is 6.42 Å². The van der Waals surface area contributed by atoms with E-state index < -0.39 is 54.3 Å². The Morgan fingerprint density at radius 1 is 1.52 bits per heavy atom. The van der Waals surface area contributed by atoms with Crippen molar-refractivity contribution in [3.63, 3.8) is 0 Å². The van der Waals surface area contributed by atoms with E-state index in [0.29, 0.717) is 6.42 Å². The van der Waals surface area contributed by atoms with Crippen LogP contribution >= 0.6 is 0 Å². The maximum Gasteiger partial charge on any atom is 0.344 e. The second-order valence-electron chi connectivity index (χ2n) is 6.12. The van der Waals surface area contributed by atoms with Crippen molar-refractivity contribution in [2.24, 2.45) is 11.3 Å². The summed E-state index contributed by atoms with van der Waals surface area (Å²) in [4.78, 5) is 35.2. The van der Waals surface area contributed by atoms with Gasteiger partial charge in [0.2, 0.25) is 0 Å². The van der Waals surface area contributed by atoms with Crippen LogP contribution in [0.5, 0.6) is 0 Å². The molecule has 3 saturated heterocycles. The first-order chi connectivity index (χ1) is 10.9. The van der Waals surface area contributed by atoms with Crippen LogP contribution in [0, 0.1) is 22.7 Å². The number of nitrogens with zero attached hydrogens (tertiary/aromatic N) is 1. The number of ether oxygens (including phenoxy) is 4. The van der Waals surface area contributed by atoms with Gasteiger partial charge in [-0.3, -0.25) is 9.59 Å². The molecule has 3 fully saturated rings. The molecule has 3 aliphatic heterocycles. The van der Waals surface area contributed by atoms with Crippen LogP contribution in [0.1, 0.15) is 26.7 Å². The lowest BCUT2D eigenvalue weighted by Gasteiger charge is -2.24. The Bertz CT molecular complexity index is 597. The predicted molar refractivity (Wildman–Crippen MR) is 71.5 cm³/mol. The highest BCUT2D eigenvalue weighted by molar-refractivity contribution is 5.85. The van der Waals surface area contributed by atoms with Crippen LogP contribution in [0.15, 0.2) is 0 Å². The summed E-state index contributed by atoms with van der Waals surface area (Å²) in [6.45, 7) is 3.05. The maximum atomic E-state index is 11.9. The molecule has 8 heteroatoms. The van der Waals surface area contributed by atoms with Crippen molar-refractivity contribution in [3.05, 3.63) is 0 Å². The van der Waals surface area contributed by atoms with E-state index in [2.05, 4.69) is 0 Å². The van der Waals surface area contributed by atoms with Gasteiger partial charge in [0.15, 0.2) is 24.2 Å². The Balaban J connectivity index is 1.57. The minimum atomic E-state index is -1.28. The number of hydrogen-bond acceptors (Lipinski definition) is 8. The second kappa shape index (κ2) is 5.49. The number of fused-ring (bicyclic) bond motifs is 1. The van der Waals surface area contributed by atoms with Crippen molar-refractivity contribution in [2.45, 2.75) is 51.1 Å². The van der Waals surface area contributed by atoms with Crippen LogP contribution in [-0.2, 0) is 33.3 Å². The summed E-state index contributed by atoms with van der Waals surface area (Å²) < 4.78 is 20.8. The summed E-state index contributed by atoms with van der Waals surface area (Å²) >= 11 is 0. The average Bonchev–Trinajstić information content (AvgIpc) is 3.13. The van der Waals surface area contributed by atoms with Gasteiger partial charge in [-0.05, 0) is 6.42 Å². The van der Waals surface area contributed by atoms with E-state index in [1.54, 1.807) is 6.92 Å². The number of carbonyl (C=O) groups is 3. The second-order valence-corrected chi connectivity index (χ2v) is 6.12. The molecule has 3 rings (SSSR count). The first-order valence-corrected chi connectivity index (χ1v) is 7.57. The van der Waals surface area contributed by atoms with Gasteiger partial charge >= 0.3 is 17.9 Å². The molecular weight excluding hydrogens is 306 g/mol. The lowest BCUT2D eigenvalue weighted by atomic mass is 9.75. The maximum absolute atomic E-state index is 11.9. The quantitative estimate of drug-likeness (QED) is 0.517. The molecule has 8 nitrogen and oxygen atoms in total. The minimum absolute atomic E-state index is 0.147. The molecule has 124 valence electrons. The standard InChI is InChI=1S/C15H17NO7/c1-3-7(2)13(18)20-5-9(17)22-10-8-4-15(6-16)12(21-8)11(10)23-14(15)19/h7-8,10-12H,3-5H2,1-2H3. The smallest absolute Gasteiger partial charge is 0.344 e. The van der Waals surface area contributed by atoms with Crippen molar-refractivity contribution >= 4 is 17.9 Å². The monoisotopic (exact) mass is 323 g/mol. The van der Waals surface area contributed by atoms with Crippen LogP contribution in [0.2, 0.25) is 0 Å². The van der Waals surface area contributed by atoms with Crippen molar-refractivity contribution in [3.8, 4) is 6.07 Å². The highest BCUT2D eigenvalue weighted by Crippen LogP contribution is 2.54. The first-order valence-electron chi connectivity index (χ1n) is 7.57. The predicted octanol–water partition coefficient (Wildman–Crippen LogP) is 0.0940. The molecule has 0 spiro atoms. The molecule has 3 heterocycles. The van der Waals surface area contributed by atoms with Gasteiger partial charge in [0.1, 0.15) is 12.2 Å². The molecule has 0 aliphatic carbocycles. The third-order valence-corrected chi connectivity index (χ3v) is 4.74. The number of nitriles is 1. The average molecular weight is 323 g/mol. The fraction of sp³-hybridized carbons (Fsp3) is 0.733. The van der Waals surface area contributed by atoms with E-state index in [0.717, 1.165) is 0 Å². The lowest BCUT2D eigenvalue weighted by molar-refractivity contribution is -0.169. The van der Waals surface area contributed by atoms with E-state index in [9.17, 15) is 19.6 Å². The number of carbonyl (C=O) groups excluding carboxylic acids is 3. The van der Waals surface area contributed by atoms with Gasteiger partial charge in [0.05, 0.1) is 12.0 Å². The molecule has 0 aromatic rings. The summed E-state index contributed by atoms with van der Waals surface area (Å²) in [6.07, 6.45) is -2.02. The van der Waals surface area contributed by atoms with Gasteiger partial charge < -0.3 is 18.9 Å². The molecule has 0 saturated carbocycles. The van der Waals surface area contributed by atoms with Crippen LogP contribution in [0.4, 0.5) is 0 Å². The van der Waals surface area contributed by atoms with Gasteiger partial charge in [-0.2, -0.15) is 5.26 Å². The summed E-state index contributed by atoms with van der Waals surface area (Å²) in [5.74, 6) is -2.11. The molecule has 23 heavy (non-hydrogen) atoms. The Morgan fingerprint density at radius 3 is 2.91 bits per heavy atom. The normalized spacial score (nSPS) is 37.9. The summed E-state index contributed by atoms with van der Waals surface area (Å²) in [6, 6.07) is 1.97. The Hall–Kier alpha value is -2.14. The van der Waals surface area contributed by atoms with Crippen molar-refractivity contribution in [1.82, 2.24) is 0 Å². The van der Waals surface area contributed by atoms with E-state index in [1.165, 1.54) is 0 Å². The van der Waals surface area contributed by atoms with Crippen LogP contribution < -0.4 is 0 Å². The third-order valence-electron chi connectivity index (χ3n) is 4.74. The SMILES string of the molecule is CCC(C)C(=O)OCC(=O)OC1C2CC3(C#N)C(=O)OC1C3O2. The van der Waals surface area contributed by atoms with Crippen LogP contribution in [0.25, 0.3) is 0 Å². The topological polar surface area (TPSA) is 112 Å². The minimum Gasteiger partial charge on any atom is -0.454 e. The van der Waals surface area contributed by atoms with E-state index >= 15 is 0 Å². The van der Waals surface area contributed by atoms with E-state index in [1.807, 2.05) is 13.0 Å². The van der Waals surface area contributed by atoms with Crippen molar-refractivity contribution < 1.29 is 33.3 Å². The van der Waals surface area contributed by atoms with Gasteiger partial charge in [-0.25, -0.2) is 4.79 Å². The molecule has 6 atom stereocenters. The third kappa shape index (κ3) is 2.27. The molecule has 0 N–H and O–H groups in total. The fourth-order valence-electron chi connectivity index (χ4n) is 3.20. The molecule has 0 aromatic carbocycles. The molecule has 6 unspecified atom stereocenters. The Labute approximate surface area is 132 Å². The number of esters is 3. The van der Waals surface area contributed by atoms with E-state index in [4.69, 9.17) is 18.9 Å². The van der Waals surface area contributed by atoms with Crippen LogP contribution in [-0.4, -0.2) is 48.9 Å². The molecule has 0 radical (unpaired) electrons. The zero-order chi connectivity index (χ0) is 16.8. The lowest BCUT2D eigenvalue weighted by Crippen LogP contribution is -2.44. The van der Waals surface area contributed by atoms with Gasteiger partial charge in [-0.15, -0.1) is 0 Å². The highest BCUT2D eigenvalue weighted by atomic mass is 16.7. The van der Waals surface area contributed by atoms with Crippen molar-refractivity contribution in [1.29, 1.82) is 5.26 Å². The fourth-order valence-corrected chi connectivity index (χ4v) is 3.20. The molecule has 0 aromatic heterocycles. The Kier molecular flexibility index (Phi) is 3.76. The number of rotatable bonds is 5. The van der Waals surface area contributed by atoms with Crippen molar-refractivity contribution in [2.75, 3.05) is 6.61 Å². The summed E-state index contributed by atoms with van der Waals surface area (Å²) in [5.41, 5.74) is -1.28. The molecule has 0 amide bonds. The Morgan fingerprint density at radius 2 is 2.26 bits per heavy atom. The molecule has 2 bridgehead atoms. The number of hydrogen-bond donors (Lipinski definition) is 0. The van der Waals surface area contributed by atoms with Crippen LogP contribution in [0.3, 0.4) is 0 Å². The zero-order valence-electron chi connectivity index (χ0n) is 12.8. The highest BCUT2D eigenvalue weighted by Gasteiger charge is 2.74. The van der Waals surface area contributed by atoms with E-state index in [-0.39, 0.29) is 12.3 Å². The summed E-state index contributed by atoms with van der Waals surface area (Å²) in [5, 5.41) is 9.23. The molecule has 3 aliphatic rings. The van der Waals surface area contributed by atoms with Gasteiger partial charge in [0.25, 0.3) is 0 Å². The first kappa shape index (κ1) is 15.7. The largest absolute Gasteiger partial charge is 0.454 e. The summed E-state index contributed by atoms with van der Waals surface area (Å²) in [7, 11) is 0.